The van der Waals surface area contributed by atoms with Gasteiger partial charge >= 0.3 is 0 Å². The summed E-state index contributed by atoms with van der Waals surface area (Å²) in [4.78, 5) is 6.64. The van der Waals surface area contributed by atoms with Crippen LogP contribution in [0.2, 0.25) is 0 Å². The van der Waals surface area contributed by atoms with E-state index in [1.165, 1.54) is 16.4 Å². The van der Waals surface area contributed by atoms with Crippen LogP contribution in [-0.2, 0) is 0 Å². The predicted octanol–water partition coefficient (Wildman–Crippen LogP) is 3.45. The van der Waals surface area contributed by atoms with Crippen LogP contribution < -0.4 is 10.9 Å². The first kappa shape index (κ1) is 12.0. The molecule has 0 saturated carbocycles. The molecule has 0 amide bonds. The van der Waals surface area contributed by atoms with Gasteiger partial charge in [-0.2, -0.15) is 0 Å². The molecule has 2 aromatic heterocycles. The molecule has 0 saturated heterocycles. The molecule has 3 aromatic rings. The van der Waals surface area contributed by atoms with Crippen LogP contribution in [0.4, 0.5) is 0 Å². The predicted molar refractivity (Wildman–Crippen MR) is 83.2 cm³/mol. The highest BCUT2D eigenvalue weighted by Crippen LogP contribution is 2.34. The van der Waals surface area contributed by atoms with Gasteiger partial charge in [-0.05, 0) is 35.6 Å². The Morgan fingerprint density at radius 2 is 1.37 bits per heavy atom. The Morgan fingerprint density at radius 3 is 1.89 bits per heavy atom. The summed E-state index contributed by atoms with van der Waals surface area (Å²) in [7, 11) is -0.492. The average Bonchev–Trinajstić information content (AvgIpc) is 3.13. The van der Waals surface area contributed by atoms with Crippen LogP contribution in [-0.4, -0.2) is 9.97 Å². The fourth-order valence-corrected chi connectivity index (χ4v) is 3.78. The number of aromatic nitrogens is 2. The molecule has 0 spiro atoms. The standard InChI is InChI=1S/C16H15N2P/c1-2-6-14(7-3-1)10-13-19(15-8-4-11-17-15)16-9-5-12-18-16/h1-13,17-18H. The second-order valence-electron chi connectivity index (χ2n) is 4.21. The fraction of sp³-hybridized carbons (Fsp3) is 0. The van der Waals surface area contributed by atoms with Crippen LogP contribution in [0.15, 0.2) is 72.8 Å². The maximum atomic E-state index is 3.32. The van der Waals surface area contributed by atoms with Gasteiger partial charge in [0.1, 0.15) is 0 Å². The summed E-state index contributed by atoms with van der Waals surface area (Å²) in [6.07, 6.45) is 6.14. The van der Waals surface area contributed by atoms with Crippen molar-refractivity contribution in [3.05, 3.63) is 78.4 Å². The molecule has 0 unspecified atom stereocenters. The first-order valence-electron chi connectivity index (χ1n) is 6.23. The quantitative estimate of drug-likeness (QED) is 0.678. The Bertz CT molecular complexity index is 590. The lowest BCUT2D eigenvalue weighted by molar-refractivity contribution is 1.45. The normalized spacial score (nSPS) is 11.4. The van der Waals surface area contributed by atoms with E-state index in [0.717, 1.165) is 0 Å². The Balaban J connectivity index is 1.91. The average molecular weight is 266 g/mol. The van der Waals surface area contributed by atoms with Gasteiger partial charge in [0.05, 0.1) is 0 Å². The smallest absolute Gasteiger partial charge is 0.0485 e. The third-order valence-corrected chi connectivity index (χ3v) is 4.94. The number of nitrogens with one attached hydrogen (secondary N) is 2. The van der Waals surface area contributed by atoms with E-state index in [1.807, 2.05) is 30.6 Å². The van der Waals surface area contributed by atoms with Gasteiger partial charge in [0.2, 0.25) is 0 Å². The second kappa shape index (κ2) is 5.73. The largest absolute Gasteiger partial charge is 0.361 e. The minimum Gasteiger partial charge on any atom is -0.361 e. The zero-order valence-electron chi connectivity index (χ0n) is 10.5. The van der Waals surface area contributed by atoms with Crippen LogP contribution in [0.1, 0.15) is 5.56 Å². The van der Waals surface area contributed by atoms with Crippen LogP contribution in [0.3, 0.4) is 0 Å². The molecular formula is C16H15N2P. The maximum Gasteiger partial charge on any atom is 0.0485 e. The Labute approximate surface area is 114 Å². The molecule has 0 aliphatic rings. The zero-order chi connectivity index (χ0) is 12.9. The van der Waals surface area contributed by atoms with Crippen LogP contribution in [0, 0.1) is 0 Å². The van der Waals surface area contributed by atoms with Gasteiger partial charge in [0, 0.05) is 31.2 Å². The molecule has 2 heterocycles. The van der Waals surface area contributed by atoms with E-state index < -0.39 is 7.92 Å². The third-order valence-electron chi connectivity index (χ3n) is 2.90. The Morgan fingerprint density at radius 1 is 0.737 bits per heavy atom. The second-order valence-corrected chi connectivity index (χ2v) is 6.21. The number of rotatable bonds is 4. The van der Waals surface area contributed by atoms with Crippen molar-refractivity contribution in [3.63, 3.8) is 0 Å². The van der Waals surface area contributed by atoms with Crippen molar-refractivity contribution in [3.8, 4) is 0 Å². The first-order chi connectivity index (χ1) is 9.43. The van der Waals surface area contributed by atoms with E-state index in [4.69, 9.17) is 0 Å². The molecule has 0 fully saturated rings. The van der Waals surface area contributed by atoms with E-state index in [1.54, 1.807) is 0 Å². The lowest BCUT2D eigenvalue weighted by Gasteiger charge is -2.09. The highest BCUT2D eigenvalue weighted by molar-refractivity contribution is 7.75. The summed E-state index contributed by atoms with van der Waals surface area (Å²) in [5.41, 5.74) is 3.74. The molecule has 94 valence electrons. The zero-order valence-corrected chi connectivity index (χ0v) is 11.3. The van der Waals surface area contributed by atoms with Gasteiger partial charge in [-0.1, -0.05) is 36.4 Å². The number of aromatic amines is 2. The summed E-state index contributed by atoms with van der Waals surface area (Å²) in [5.74, 6) is 2.28. The highest BCUT2D eigenvalue weighted by Gasteiger charge is 2.11. The van der Waals surface area contributed by atoms with E-state index in [2.05, 4.69) is 58.3 Å². The SMILES string of the molecule is C(=CP(c1ccc[nH]1)c1ccc[nH]1)c1ccccc1. The molecule has 0 aliphatic heterocycles. The van der Waals surface area contributed by atoms with Crippen molar-refractivity contribution in [1.82, 2.24) is 9.97 Å². The number of hydrogen-bond donors (Lipinski definition) is 2. The molecule has 3 rings (SSSR count). The van der Waals surface area contributed by atoms with E-state index in [0.29, 0.717) is 0 Å². The lowest BCUT2D eigenvalue weighted by Crippen LogP contribution is -2.11. The molecule has 2 N–H and O–H groups in total. The van der Waals surface area contributed by atoms with Crippen molar-refractivity contribution in [1.29, 1.82) is 0 Å². The Hall–Kier alpha value is -2.05. The Kier molecular flexibility index (Phi) is 3.62. The summed E-state index contributed by atoms with van der Waals surface area (Å²) in [6.45, 7) is 0. The molecule has 1 aromatic carbocycles. The minimum atomic E-state index is -0.492. The summed E-state index contributed by atoms with van der Waals surface area (Å²) < 4.78 is 0. The lowest BCUT2D eigenvalue weighted by atomic mass is 10.2. The van der Waals surface area contributed by atoms with E-state index in [-0.39, 0.29) is 0 Å². The number of H-pyrrole nitrogens is 2. The first-order valence-corrected chi connectivity index (χ1v) is 7.64. The summed E-state index contributed by atoms with van der Waals surface area (Å²) in [6, 6.07) is 18.8. The minimum absolute atomic E-state index is 0.492. The van der Waals surface area contributed by atoms with Crippen LogP contribution in [0.5, 0.6) is 0 Å². The summed E-state index contributed by atoms with van der Waals surface area (Å²) >= 11 is 0. The monoisotopic (exact) mass is 266 g/mol. The van der Waals surface area contributed by atoms with Crippen molar-refractivity contribution in [2.24, 2.45) is 0 Å². The van der Waals surface area contributed by atoms with Crippen molar-refractivity contribution in [2.75, 3.05) is 0 Å². The van der Waals surface area contributed by atoms with Crippen LogP contribution in [0.25, 0.3) is 6.08 Å². The molecule has 0 radical (unpaired) electrons. The molecule has 3 heteroatoms. The molecule has 0 aliphatic carbocycles. The third kappa shape index (κ3) is 2.86. The number of benzene rings is 1. The van der Waals surface area contributed by atoms with Gasteiger partial charge in [-0.15, -0.1) is 0 Å². The fourth-order valence-electron chi connectivity index (χ4n) is 1.96. The van der Waals surface area contributed by atoms with Gasteiger partial charge in [0.25, 0.3) is 0 Å². The highest BCUT2D eigenvalue weighted by atomic mass is 31.1. The van der Waals surface area contributed by atoms with Gasteiger partial charge in [-0.3, -0.25) is 0 Å². The van der Waals surface area contributed by atoms with Crippen LogP contribution >= 0.6 is 7.92 Å². The van der Waals surface area contributed by atoms with E-state index >= 15 is 0 Å². The molecule has 19 heavy (non-hydrogen) atoms. The molecule has 2 nitrogen and oxygen atoms in total. The van der Waals surface area contributed by atoms with E-state index in [9.17, 15) is 0 Å². The molecule has 0 atom stereocenters. The van der Waals surface area contributed by atoms with Gasteiger partial charge in [0.15, 0.2) is 0 Å². The molecular weight excluding hydrogens is 251 g/mol. The van der Waals surface area contributed by atoms with Crippen molar-refractivity contribution in [2.45, 2.75) is 0 Å². The number of hydrogen-bond acceptors (Lipinski definition) is 0. The van der Waals surface area contributed by atoms with Crippen molar-refractivity contribution < 1.29 is 0 Å². The van der Waals surface area contributed by atoms with Gasteiger partial charge in [-0.25, -0.2) is 0 Å². The maximum absolute atomic E-state index is 3.32. The summed E-state index contributed by atoms with van der Waals surface area (Å²) in [5, 5.41) is 0. The topological polar surface area (TPSA) is 31.6 Å². The van der Waals surface area contributed by atoms with Crippen molar-refractivity contribution >= 4 is 24.9 Å². The molecule has 0 bridgehead atoms. The van der Waals surface area contributed by atoms with Gasteiger partial charge < -0.3 is 9.97 Å².